The first-order valence-corrected chi connectivity index (χ1v) is 24.9. The molecule has 4 aliphatic rings. The fraction of sp³-hybridized carbons (Fsp3) is 0.784. The molecule has 1 amide bonds. The molecule has 0 aliphatic carbocycles. The number of aliphatic hydroxyl groups is 2. The summed E-state index contributed by atoms with van der Waals surface area (Å²) in [5.74, 6) is -3.91. The highest BCUT2D eigenvalue weighted by atomic mass is 16.7. The van der Waals surface area contributed by atoms with Crippen LogP contribution in [0.25, 0.3) is 11.3 Å². The van der Waals surface area contributed by atoms with Crippen LogP contribution >= 0.6 is 0 Å². The van der Waals surface area contributed by atoms with E-state index in [0.29, 0.717) is 32.4 Å². The van der Waals surface area contributed by atoms with E-state index in [1.54, 1.807) is 58.4 Å². The Hall–Kier alpha value is -3.59. The molecule has 69 heavy (non-hydrogen) atoms. The summed E-state index contributed by atoms with van der Waals surface area (Å²) >= 11 is 0. The molecule has 4 saturated heterocycles. The number of aromatic nitrogens is 3. The standard InChI is InChI=1S/C51H81N5O13/c1-15-38-51(10)43(56(48(61)69-51)22-17-16-21-55-27-36(53-28-55)35-19-18-20-52-26-35)31(4)40(57)29(2)24-50(9,63-14)45(68-47-41(58)37(54(11)12)23-30(3)64-47)32(5)42(33(6)46(60)66-38)67-39-25-49(8,62-13)44(59)34(7)65-39/h18-20,26-34,37-39,41-45,47,58-59H,15-17,21-25H2,1-14H3/t29-,30-,31+,32+,33-,34+,37+,38-,39?,41-,42?,43-,44+,45-,47+,49+,50-,51-/m1/s1. The first-order chi connectivity index (χ1) is 32.5. The van der Waals surface area contributed by atoms with Gasteiger partial charge in [-0.1, -0.05) is 27.7 Å². The topological polar surface area (TPSA) is 203 Å². The van der Waals surface area contributed by atoms with Gasteiger partial charge in [0.25, 0.3) is 0 Å². The molecule has 18 atom stereocenters. The number of aryl methyl sites for hydroxylation is 1. The number of hydrogen-bond acceptors (Lipinski definition) is 16. The molecule has 0 aromatic carbocycles. The minimum atomic E-state index is -1.42. The van der Waals surface area contributed by atoms with Crippen LogP contribution in [-0.2, 0) is 54.0 Å². The van der Waals surface area contributed by atoms with Crippen LogP contribution in [0, 0.1) is 23.7 Å². The number of pyridine rings is 1. The second kappa shape index (κ2) is 22.4. The van der Waals surface area contributed by atoms with E-state index in [2.05, 4.69) is 9.97 Å². The Morgan fingerprint density at radius 1 is 0.913 bits per heavy atom. The monoisotopic (exact) mass is 972 g/mol. The van der Waals surface area contributed by atoms with E-state index in [0.717, 1.165) is 11.3 Å². The number of carbonyl (C=O) groups excluding carboxylic acids is 3. The molecule has 2 N–H and O–H groups in total. The number of imidazole rings is 1. The Labute approximate surface area is 409 Å². The maximum absolute atomic E-state index is 15.1. The zero-order valence-corrected chi connectivity index (χ0v) is 43.4. The SMILES string of the molecule is CC[C@H]1OC(=O)[C@H](C)C(OC2C[C@](C)(OC)[C@@H](O)[C@H](C)O2)[C@H](C)[C@@H](O[C@@H]2O[C@H](C)C[C@H](N(C)C)[C@H]2O)[C@](C)(OC)C[C@@H](C)C(=O)[C@H](C)[C@H]2N(CCCCn3cnc(-c4cccnc4)c3)C(=O)O[C@]12C. The van der Waals surface area contributed by atoms with Gasteiger partial charge in [-0.15, -0.1) is 0 Å². The quantitative estimate of drug-likeness (QED) is 0.174. The molecule has 6 heterocycles. The molecule has 0 spiro atoms. The van der Waals surface area contributed by atoms with Gasteiger partial charge in [0.2, 0.25) is 0 Å². The molecule has 388 valence electrons. The van der Waals surface area contributed by atoms with Crippen molar-refractivity contribution in [3.8, 4) is 11.3 Å². The number of fused-ring (bicyclic) bond motifs is 1. The third-order valence-electron chi connectivity index (χ3n) is 15.8. The van der Waals surface area contributed by atoms with Gasteiger partial charge in [0.1, 0.15) is 24.1 Å². The fourth-order valence-corrected chi connectivity index (χ4v) is 11.6. The zero-order valence-electron chi connectivity index (χ0n) is 43.4. The predicted molar refractivity (Wildman–Crippen MR) is 254 cm³/mol. The summed E-state index contributed by atoms with van der Waals surface area (Å²) < 4.78 is 53.7. The Kier molecular flexibility index (Phi) is 17.8. The molecule has 18 heteroatoms. The largest absolute Gasteiger partial charge is 0.458 e. The molecular formula is C51H81N5O13. The highest BCUT2D eigenvalue weighted by molar-refractivity contribution is 5.85. The van der Waals surface area contributed by atoms with Crippen LogP contribution < -0.4 is 0 Å². The van der Waals surface area contributed by atoms with Crippen molar-refractivity contribution >= 4 is 17.8 Å². The van der Waals surface area contributed by atoms with E-state index in [1.165, 1.54) is 7.11 Å². The van der Waals surface area contributed by atoms with Crippen LogP contribution in [0.15, 0.2) is 37.1 Å². The highest BCUT2D eigenvalue weighted by Crippen LogP contribution is 2.45. The molecule has 18 nitrogen and oxygen atoms in total. The number of amides is 1. The van der Waals surface area contributed by atoms with E-state index < -0.39 is 108 Å². The number of ketones is 1. The van der Waals surface area contributed by atoms with Crippen molar-refractivity contribution < 1.29 is 62.5 Å². The van der Waals surface area contributed by atoms with Gasteiger partial charge in [0.15, 0.2) is 18.2 Å². The summed E-state index contributed by atoms with van der Waals surface area (Å²) in [6.45, 7) is 19.1. The zero-order chi connectivity index (χ0) is 50.7. The lowest BCUT2D eigenvalue weighted by atomic mass is 9.73. The summed E-state index contributed by atoms with van der Waals surface area (Å²) in [5.41, 5.74) is -2.01. The van der Waals surface area contributed by atoms with Crippen LogP contribution in [0.4, 0.5) is 4.79 Å². The Morgan fingerprint density at radius 3 is 2.25 bits per heavy atom. The molecule has 6 rings (SSSR count). The van der Waals surface area contributed by atoms with Gasteiger partial charge in [-0.25, -0.2) is 9.78 Å². The molecule has 2 aromatic heterocycles. The number of rotatable bonds is 14. The Bertz CT molecular complexity index is 2030. The van der Waals surface area contributed by atoms with Gasteiger partial charge in [-0.3, -0.25) is 14.6 Å². The van der Waals surface area contributed by atoms with Crippen LogP contribution in [-0.4, -0.2) is 171 Å². The molecule has 4 fully saturated rings. The maximum Gasteiger partial charge on any atom is 0.410 e. The van der Waals surface area contributed by atoms with E-state index in [1.807, 2.05) is 83.4 Å². The van der Waals surface area contributed by atoms with E-state index in [4.69, 9.17) is 37.9 Å². The van der Waals surface area contributed by atoms with Gasteiger partial charge in [0.05, 0.1) is 59.6 Å². The number of esters is 1. The van der Waals surface area contributed by atoms with Crippen molar-refractivity contribution in [1.82, 2.24) is 24.3 Å². The number of Topliss-reactive ketones (excluding diaryl/α,β-unsaturated/α-hetero) is 1. The normalized spacial score (nSPS) is 40.6. The van der Waals surface area contributed by atoms with Gasteiger partial charge in [-0.05, 0) is 99.9 Å². The van der Waals surface area contributed by atoms with Crippen molar-refractivity contribution in [2.75, 3.05) is 34.9 Å². The molecule has 2 unspecified atom stereocenters. The summed E-state index contributed by atoms with van der Waals surface area (Å²) in [6.07, 6.45) is 1.02. The van der Waals surface area contributed by atoms with Gasteiger partial charge in [-0.2, -0.15) is 0 Å². The van der Waals surface area contributed by atoms with E-state index in [9.17, 15) is 19.8 Å². The van der Waals surface area contributed by atoms with Gasteiger partial charge in [0, 0.05) is 81.7 Å². The van der Waals surface area contributed by atoms with Crippen LogP contribution in [0.1, 0.15) is 108 Å². The lowest BCUT2D eigenvalue weighted by Crippen LogP contribution is -2.61. The van der Waals surface area contributed by atoms with Crippen LogP contribution in [0.2, 0.25) is 0 Å². The number of ether oxygens (including phenoxy) is 8. The Morgan fingerprint density at radius 2 is 1.61 bits per heavy atom. The molecule has 2 aromatic rings. The number of hydrogen-bond donors (Lipinski definition) is 2. The second-order valence-corrected chi connectivity index (χ2v) is 21.1. The molecular weight excluding hydrogens is 891 g/mol. The van der Waals surface area contributed by atoms with E-state index in [-0.39, 0.29) is 37.2 Å². The van der Waals surface area contributed by atoms with Gasteiger partial charge < -0.3 is 62.5 Å². The number of nitrogens with zero attached hydrogens (tertiary/aromatic N) is 5. The summed E-state index contributed by atoms with van der Waals surface area (Å²) in [7, 11) is 6.87. The van der Waals surface area contributed by atoms with Gasteiger partial charge >= 0.3 is 12.1 Å². The average molecular weight is 972 g/mol. The van der Waals surface area contributed by atoms with Crippen molar-refractivity contribution in [1.29, 1.82) is 0 Å². The molecule has 0 radical (unpaired) electrons. The molecule has 0 saturated carbocycles. The number of carbonyl (C=O) groups is 3. The minimum absolute atomic E-state index is 0.126. The predicted octanol–water partition coefficient (Wildman–Crippen LogP) is 5.65. The average Bonchev–Trinajstić information content (AvgIpc) is 3.90. The van der Waals surface area contributed by atoms with Crippen molar-refractivity contribution in [3.63, 3.8) is 0 Å². The second-order valence-electron chi connectivity index (χ2n) is 21.1. The number of likely N-dealkylation sites (N-methyl/N-ethyl adjacent to an activating group) is 1. The van der Waals surface area contributed by atoms with Crippen molar-refractivity contribution in [2.24, 2.45) is 23.7 Å². The summed E-state index contributed by atoms with van der Waals surface area (Å²) in [5, 5.41) is 23.0. The van der Waals surface area contributed by atoms with Crippen molar-refractivity contribution in [2.45, 2.75) is 199 Å². The first-order valence-electron chi connectivity index (χ1n) is 24.9. The summed E-state index contributed by atoms with van der Waals surface area (Å²) in [4.78, 5) is 56.6. The third-order valence-corrected chi connectivity index (χ3v) is 15.8. The first kappa shape index (κ1) is 54.7. The molecule has 4 aliphatic heterocycles. The number of aliphatic hydroxyl groups excluding tert-OH is 2. The van der Waals surface area contributed by atoms with E-state index >= 15 is 4.79 Å². The minimum Gasteiger partial charge on any atom is -0.458 e. The van der Waals surface area contributed by atoms with Crippen molar-refractivity contribution in [3.05, 3.63) is 37.1 Å². The fourth-order valence-electron chi connectivity index (χ4n) is 11.6. The number of cyclic esters (lactones) is 1. The Balaban J connectivity index is 1.36. The third kappa shape index (κ3) is 11.5. The lowest BCUT2D eigenvalue weighted by Gasteiger charge is -2.50. The van der Waals surface area contributed by atoms with Crippen LogP contribution in [0.3, 0.4) is 0 Å². The molecule has 0 bridgehead atoms. The number of methoxy groups -OCH3 is 2. The smallest absolute Gasteiger partial charge is 0.410 e. The number of unbranched alkanes of at least 4 members (excludes halogenated alkanes) is 1. The van der Waals surface area contributed by atoms with Crippen LogP contribution in [0.5, 0.6) is 0 Å². The summed E-state index contributed by atoms with van der Waals surface area (Å²) in [6, 6.07) is 2.72. The maximum atomic E-state index is 15.1. The highest BCUT2D eigenvalue weighted by Gasteiger charge is 2.61. The lowest BCUT2D eigenvalue weighted by molar-refractivity contribution is -0.319.